The summed E-state index contributed by atoms with van der Waals surface area (Å²) in [6.45, 7) is 1.98. The number of hydrogen-bond acceptors (Lipinski definition) is 2. The third-order valence-electron chi connectivity index (χ3n) is 3.16. The molecule has 0 aliphatic carbocycles. The Kier molecular flexibility index (Phi) is 4.92. The summed E-state index contributed by atoms with van der Waals surface area (Å²) in [5.41, 5.74) is 2.78. The Balaban J connectivity index is 2.23. The van der Waals surface area contributed by atoms with Gasteiger partial charge in [0.25, 0.3) is 0 Å². The smallest absolute Gasteiger partial charge is 0.124 e. The fraction of sp³-hybridized carbons (Fsp3) is 0.250. The predicted octanol–water partition coefficient (Wildman–Crippen LogP) is 4.59. The van der Waals surface area contributed by atoms with E-state index in [0.29, 0.717) is 22.2 Å². The van der Waals surface area contributed by atoms with Gasteiger partial charge in [0.1, 0.15) is 5.75 Å². The second kappa shape index (κ2) is 6.49. The van der Waals surface area contributed by atoms with E-state index in [9.17, 15) is 5.11 Å². The lowest BCUT2D eigenvalue weighted by molar-refractivity contribution is 0.174. The van der Waals surface area contributed by atoms with Crippen LogP contribution in [0.5, 0.6) is 5.75 Å². The molecule has 2 nitrogen and oxygen atoms in total. The number of aryl methyl sites for hydroxylation is 1. The SMILES string of the molecule is COc1cc(C)ccc1C(O)Cc1ccc(Cl)c(Cl)c1. The molecule has 106 valence electrons. The number of aliphatic hydroxyl groups excluding tert-OH is 1. The predicted molar refractivity (Wildman–Crippen MR) is 82.9 cm³/mol. The van der Waals surface area contributed by atoms with Gasteiger partial charge in [-0.1, -0.05) is 41.4 Å². The number of hydrogen-bond donors (Lipinski definition) is 1. The van der Waals surface area contributed by atoms with Crippen LogP contribution in [0.25, 0.3) is 0 Å². The molecule has 0 aliphatic rings. The van der Waals surface area contributed by atoms with Gasteiger partial charge in [0.15, 0.2) is 0 Å². The highest BCUT2D eigenvalue weighted by molar-refractivity contribution is 6.42. The molecule has 0 heterocycles. The van der Waals surface area contributed by atoms with E-state index < -0.39 is 6.10 Å². The molecular formula is C16H16Cl2O2. The Hall–Kier alpha value is -1.22. The van der Waals surface area contributed by atoms with E-state index in [1.165, 1.54) is 0 Å². The van der Waals surface area contributed by atoms with E-state index in [1.807, 2.05) is 31.2 Å². The van der Waals surface area contributed by atoms with Crippen LogP contribution in [0.4, 0.5) is 0 Å². The van der Waals surface area contributed by atoms with E-state index in [1.54, 1.807) is 19.2 Å². The van der Waals surface area contributed by atoms with Gasteiger partial charge in [-0.15, -0.1) is 0 Å². The van der Waals surface area contributed by atoms with Crippen molar-refractivity contribution in [2.45, 2.75) is 19.4 Å². The number of ether oxygens (including phenoxy) is 1. The van der Waals surface area contributed by atoms with Crippen LogP contribution in [0.3, 0.4) is 0 Å². The minimum atomic E-state index is -0.650. The zero-order valence-electron chi connectivity index (χ0n) is 11.4. The van der Waals surface area contributed by atoms with Crippen molar-refractivity contribution in [3.05, 3.63) is 63.1 Å². The van der Waals surface area contributed by atoms with Crippen LogP contribution in [0.2, 0.25) is 10.0 Å². The van der Waals surface area contributed by atoms with Crippen molar-refractivity contribution in [1.29, 1.82) is 0 Å². The standard InChI is InChI=1S/C16H16Cl2O2/c1-10-3-5-12(16(7-10)20-2)15(19)9-11-4-6-13(17)14(18)8-11/h3-8,15,19H,9H2,1-2H3. The monoisotopic (exact) mass is 310 g/mol. The summed E-state index contributed by atoms with van der Waals surface area (Å²) in [7, 11) is 1.60. The molecule has 1 atom stereocenters. The van der Waals surface area contributed by atoms with E-state index in [2.05, 4.69) is 0 Å². The summed E-state index contributed by atoms with van der Waals surface area (Å²) >= 11 is 11.9. The molecule has 0 spiro atoms. The summed E-state index contributed by atoms with van der Waals surface area (Å²) in [4.78, 5) is 0. The van der Waals surface area contributed by atoms with Crippen LogP contribution in [0.15, 0.2) is 36.4 Å². The van der Waals surface area contributed by atoms with Gasteiger partial charge in [-0.3, -0.25) is 0 Å². The molecule has 2 aromatic rings. The van der Waals surface area contributed by atoms with Crippen LogP contribution in [0.1, 0.15) is 22.8 Å². The molecule has 0 bridgehead atoms. The highest BCUT2D eigenvalue weighted by Crippen LogP contribution is 2.30. The maximum absolute atomic E-state index is 10.4. The van der Waals surface area contributed by atoms with E-state index in [4.69, 9.17) is 27.9 Å². The maximum Gasteiger partial charge on any atom is 0.124 e. The molecule has 0 aliphatic heterocycles. The molecule has 0 saturated carbocycles. The largest absolute Gasteiger partial charge is 0.496 e. The van der Waals surface area contributed by atoms with Crippen molar-refractivity contribution in [1.82, 2.24) is 0 Å². The van der Waals surface area contributed by atoms with Gasteiger partial charge in [-0.2, -0.15) is 0 Å². The third-order valence-corrected chi connectivity index (χ3v) is 3.90. The fourth-order valence-electron chi connectivity index (χ4n) is 2.09. The minimum Gasteiger partial charge on any atom is -0.496 e. The Morgan fingerprint density at radius 2 is 1.85 bits per heavy atom. The first-order chi connectivity index (χ1) is 9.51. The number of halogens is 2. The van der Waals surface area contributed by atoms with Gasteiger partial charge < -0.3 is 9.84 Å². The van der Waals surface area contributed by atoms with Crippen LogP contribution in [-0.4, -0.2) is 12.2 Å². The minimum absolute atomic E-state index is 0.455. The molecule has 0 aromatic heterocycles. The molecule has 2 rings (SSSR count). The van der Waals surface area contributed by atoms with Gasteiger partial charge in [-0.25, -0.2) is 0 Å². The molecule has 4 heteroatoms. The highest BCUT2D eigenvalue weighted by atomic mass is 35.5. The Labute approximate surface area is 128 Å². The van der Waals surface area contributed by atoms with Crippen LogP contribution < -0.4 is 4.74 Å². The molecular weight excluding hydrogens is 295 g/mol. The molecule has 1 N–H and O–H groups in total. The number of rotatable bonds is 4. The van der Waals surface area contributed by atoms with Crippen molar-refractivity contribution >= 4 is 23.2 Å². The number of benzene rings is 2. The van der Waals surface area contributed by atoms with E-state index >= 15 is 0 Å². The zero-order valence-corrected chi connectivity index (χ0v) is 12.9. The normalized spacial score (nSPS) is 12.2. The molecule has 0 fully saturated rings. The summed E-state index contributed by atoms with van der Waals surface area (Å²) in [6, 6.07) is 11.1. The zero-order chi connectivity index (χ0) is 14.7. The van der Waals surface area contributed by atoms with Gasteiger partial charge >= 0.3 is 0 Å². The molecule has 20 heavy (non-hydrogen) atoms. The Morgan fingerprint density at radius 1 is 1.10 bits per heavy atom. The van der Waals surface area contributed by atoms with Crippen molar-refractivity contribution in [3.8, 4) is 5.75 Å². The number of aliphatic hydroxyl groups is 1. The van der Waals surface area contributed by atoms with Crippen molar-refractivity contribution < 1.29 is 9.84 Å². The average Bonchev–Trinajstić information content (AvgIpc) is 2.42. The second-order valence-electron chi connectivity index (χ2n) is 4.71. The Morgan fingerprint density at radius 3 is 2.50 bits per heavy atom. The first kappa shape index (κ1) is 15.2. The summed E-state index contributed by atoms with van der Waals surface area (Å²) in [5.74, 6) is 0.692. The van der Waals surface area contributed by atoms with Crippen LogP contribution >= 0.6 is 23.2 Å². The molecule has 2 aromatic carbocycles. The average molecular weight is 311 g/mol. The molecule has 1 unspecified atom stereocenters. The lowest BCUT2D eigenvalue weighted by Gasteiger charge is -2.16. The summed E-state index contributed by atoms with van der Waals surface area (Å²) < 4.78 is 5.32. The molecule has 0 radical (unpaired) electrons. The topological polar surface area (TPSA) is 29.5 Å². The maximum atomic E-state index is 10.4. The first-order valence-electron chi connectivity index (χ1n) is 6.28. The van der Waals surface area contributed by atoms with Crippen molar-refractivity contribution in [2.75, 3.05) is 7.11 Å². The summed E-state index contributed by atoms with van der Waals surface area (Å²) in [6.07, 6.45) is -0.196. The van der Waals surface area contributed by atoms with Gasteiger partial charge in [0.05, 0.1) is 23.3 Å². The van der Waals surface area contributed by atoms with Crippen molar-refractivity contribution in [2.24, 2.45) is 0 Å². The third kappa shape index (κ3) is 3.45. The van der Waals surface area contributed by atoms with Crippen molar-refractivity contribution in [3.63, 3.8) is 0 Å². The lowest BCUT2D eigenvalue weighted by atomic mass is 9.99. The van der Waals surface area contributed by atoms with Crippen LogP contribution in [-0.2, 0) is 6.42 Å². The van der Waals surface area contributed by atoms with Gasteiger partial charge in [-0.05, 0) is 36.2 Å². The fourth-order valence-corrected chi connectivity index (χ4v) is 2.41. The quantitative estimate of drug-likeness (QED) is 0.895. The molecule has 0 saturated heterocycles. The first-order valence-corrected chi connectivity index (χ1v) is 7.03. The second-order valence-corrected chi connectivity index (χ2v) is 5.53. The number of methoxy groups -OCH3 is 1. The van der Waals surface area contributed by atoms with Gasteiger partial charge in [0.2, 0.25) is 0 Å². The van der Waals surface area contributed by atoms with E-state index in [-0.39, 0.29) is 0 Å². The van der Waals surface area contributed by atoms with E-state index in [0.717, 1.165) is 16.7 Å². The molecule has 0 amide bonds. The lowest BCUT2D eigenvalue weighted by Crippen LogP contribution is -2.04. The van der Waals surface area contributed by atoms with Gasteiger partial charge in [0, 0.05) is 12.0 Å². The highest BCUT2D eigenvalue weighted by Gasteiger charge is 2.14. The Bertz CT molecular complexity index is 611. The summed E-state index contributed by atoms with van der Waals surface area (Å²) in [5, 5.41) is 11.4. The van der Waals surface area contributed by atoms with Crippen LogP contribution in [0, 0.1) is 6.92 Å².